The fourth-order valence-corrected chi connectivity index (χ4v) is 2.58. The van der Waals surface area contributed by atoms with Crippen LogP contribution >= 0.6 is 0 Å². The normalized spacial score (nSPS) is 12.4. The number of para-hydroxylation sites is 1. The number of hydrogen-bond donors (Lipinski definition) is 0. The van der Waals surface area contributed by atoms with Crippen molar-refractivity contribution in [1.29, 1.82) is 0 Å². The summed E-state index contributed by atoms with van der Waals surface area (Å²) in [4.78, 5) is 17.0. The molecule has 3 aromatic rings. The zero-order valence-corrected chi connectivity index (χ0v) is 12.4. The molecule has 5 nitrogen and oxygen atoms in total. The third-order valence-electron chi connectivity index (χ3n) is 3.62. The number of esters is 1. The number of aromatic nitrogens is 1. The first kappa shape index (κ1) is 13.6. The van der Waals surface area contributed by atoms with Crippen molar-refractivity contribution < 1.29 is 19.0 Å². The lowest BCUT2D eigenvalue weighted by molar-refractivity contribution is 0.0736. The average Bonchev–Trinajstić information content (AvgIpc) is 3.01. The van der Waals surface area contributed by atoms with Crippen molar-refractivity contribution >= 4 is 16.9 Å². The van der Waals surface area contributed by atoms with E-state index in [1.54, 1.807) is 24.3 Å². The summed E-state index contributed by atoms with van der Waals surface area (Å²) in [5.41, 5.74) is 2.03. The van der Waals surface area contributed by atoms with E-state index in [-0.39, 0.29) is 6.79 Å². The largest absolute Gasteiger partial charge is 0.454 e. The van der Waals surface area contributed by atoms with Crippen molar-refractivity contribution in [3.05, 3.63) is 59.8 Å². The number of rotatable bonds is 2. The molecule has 0 unspecified atom stereocenters. The molecule has 0 saturated carbocycles. The van der Waals surface area contributed by atoms with Crippen LogP contribution in [-0.2, 0) is 0 Å². The van der Waals surface area contributed by atoms with Gasteiger partial charge in [-0.3, -0.25) is 4.98 Å². The van der Waals surface area contributed by atoms with E-state index in [0.717, 1.165) is 16.6 Å². The van der Waals surface area contributed by atoms with Crippen LogP contribution in [-0.4, -0.2) is 17.7 Å². The third kappa shape index (κ3) is 2.46. The molecular weight excluding hydrogens is 294 g/mol. The van der Waals surface area contributed by atoms with E-state index in [1.165, 1.54) is 0 Å². The van der Waals surface area contributed by atoms with Crippen molar-refractivity contribution in [3.8, 4) is 17.2 Å². The van der Waals surface area contributed by atoms with Gasteiger partial charge in [0.15, 0.2) is 11.5 Å². The molecule has 1 aliphatic heterocycles. The average molecular weight is 307 g/mol. The van der Waals surface area contributed by atoms with Crippen LogP contribution in [0, 0.1) is 6.92 Å². The maximum absolute atomic E-state index is 12.6. The lowest BCUT2D eigenvalue weighted by Gasteiger charge is -2.08. The van der Waals surface area contributed by atoms with E-state index in [2.05, 4.69) is 4.98 Å². The lowest BCUT2D eigenvalue weighted by Crippen LogP contribution is -2.10. The molecule has 0 fully saturated rings. The molecule has 0 aliphatic carbocycles. The lowest BCUT2D eigenvalue weighted by atomic mass is 10.1. The molecule has 23 heavy (non-hydrogen) atoms. The van der Waals surface area contributed by atoms with E-state index >= 15 is 0 Å². The topological polar surface area (TPSA) is 57.7 Å². The molecular formula is C18H13NO4. The van der Waals surface area contributed by atoms with Crippen molar-refractivity contribution in [3.63, 3.8) is 0 Å². The van der Waals surface area contributed by atoms with Gasteiger partial charge in [0, 0.05) is 17.1 Å². The smallest absolute Gasteiger partial charge is 0.344 e. The number of carbonyl (C=O) groups excluding carboxylic acids is 1. The maximum atomic E-state index is 12.6. The Hall–Kier alpha value is -3.08. The van der Waals surface area contributed by atoms with E-state index in [4.69, 9.17) is 14.2 Å². The summed E-state index contributed by atoms with van der Waals surface area (Å²) in [7, 11) is 0. The fourth-order valence-electron chi connectivity index (χ4n) is 2.58. The highest BCUT2D eigenvalue weighted by molar-refractivity contribution is 6.04. The SMILES string of the molecule is Cc1cc(C(=O)Oc2ccc3c(c2)OCO3)c2ccccc2n1. The number of hydrogen-bond acceptors (Lipinski definition) is 5. The van der Waals surface area contributed by atoms with Gasteiger partial charge < -0.3 is 14.2 Å². The van der Waals surface area contributed by atoms with Crippen LogP contribution in [0.3, 0.4) is 0 Å². The standard InChI is InChI=1S/C18H13NO4/c1-11-8-14(13-4-2-3-5-15(13)19-11)18(20)23-12-6-7-16-17(9-12)22-10-21-16/h2-9H,10H2,1H3. The second-order valence-corrected chi connectivity index (χ2v) is 5.23. The Balaban J connectivity index is 1.70. The Labute approximate surface area is 132 Å². The van der Waals surface area contributed by atoms with Crippen LogP contribution in [0.15, 0.2) is 48.5 Å². The van der Waals surface area contributed by atoms with E-state index in [9.17, 15) is 4.79 Å². The van der Waals surface area contributed by atoms with Crippen molar-refractivity contribution in [2.45, 2.75) is 6.92 Å². The first-order valence-electron chi connectivity index (χ1n) is 7.19. The van der Waals surface area contributed by atoms with Gasteiger partial charge in [-0.15, -0.1) is 0 Å². The Morgan fingerprint density at radius 1 is 1.09 bits per heavy atom. The molecule has 1 aliphatic rings. The van der Waals surface area contributed by atoms with Crippen LogP contribution in [0.4, 0.5) is 0 Å². The van der Waals surface area contributed by atoms with Gasteiger partial charge in [-0.1, -0.05) is 18.2 Å². The highest BCUT2D eigenvalue weighted by atomic mass is 16.7. The molecule has 0 radical (unpaired) electrons. The monoisotopic (exact) mass is 307 g/mol. The summed E-state index contributed by atoms with van der Waals surface area (Å²) in [6.07, 6.45) is 0. The predicted molar refractivity (Wildman–Crippen MR) is 84.0 cm³/mol. The van der Waals surface area contributed by atoms with Gasteiger partial charge in [0.05, 0.1) is 11.1 Å². The first-order valence-corrected chi connectivity index (χ1v) is 7.19. The molecule has 0 atom stereocenters. The van der Waals surface area contributed by atoms with Crippen LogP contribution in [0.25, 0.3) is 10.9 Å². The van der Waals surface area contributed by atoms with Crippen LogP contribution in [0.2, 0.25) is 0 Å². The minimum Gasteiger partial charge on any atom is -0.454 e. The van der Waals surface area contributed by atoms with Crippen LogP contribution in [0.1, 0.15) is 16.1 Å². The van der Waals surface area contributed by atoms with Crippen molar-refractivity contribution in [2.75, 3.05) is 6.79 Å². The van der Waals surface area contributed by atoms with Crippen molar-refractivity contribution in [1.82, 2.24) is 4.98 Å². The zero-order chi connectivity index (χ0) is 15.8. The molecule has 2 heterocycles. The number of benzene rings is 2. The van der Waals surface area contributed by atoms with Crippen molar-refractivity contribution in [2.24, 2.45) is 0 Å². The van der Waals surface area contributed by atoms with E-state index in [1.807, 2.05) is 31.2 Å². The third-order valence-corrected chi connectivity index (χ3v) is 3.62. The first-order chi connectivity index (χ1) is 11.2. The van der Waals surface area contributed by atoms with Gasteiger partial charge in [0.25, 0.3) is 0 Å². The van der Waals surface area contributed by atoms with Gasteiger partial charge >= 0.3 is 5.97 Å². The Morgan fingerprint density at radius 3 is 2.83 bits per heavy atom. The molecule has 0 bridgehead atoms. The Morgan fingerprint density at radius 2 is 1.91 bits per heavy atom. The summed E-state index contributed by atoms with van der Waals surface area (Å²) in [6.45, 7) is 2.03. The van der Waals surface area contributed by atoms with E-state index < -0.39 is 5.97 Å². The number of ether oxygens (including phenoxy) is 3. The molecule has 4 rings (SSSR count). The van der Waals surface area contributed by atoms with Crippen LogP contribution in [0.5, 0.6) is 17.2 Å². The summed E-state index contributed by atoms with van der Waals surface area (Å²) < 4.78 is 16.0. The van der Waals surface area contributed by atoms with Gasteiger partial charge in [-0.05, 0) is 31.2 Å². The number of carbonyl (C=O) groups is 1. The number of pyridine rings is 1. The fraction of sp³-hybridized carbons (Fsp3) is 0.111. The molecule has 114 valence electrons. The Bertz CT molecular complexity index is 920. The quantitative estimate of drug-likeness (QED) is 0.536. The highest BCUT2D eigenvalue weighted by Gasteiger charge is 2.17. The molecule has 0 N–H and O–H groups in total. The molecule has 0 spiro atoms. The molecule has 2 aromatic carbocycles. The molecule has 0 saturated heterocycles. The number of aryl methyl sites for hydroxylation is 1. The zero-order valence-electron chi connectivity index (χ0n) is 12.4. The second kappa shape index (κ2) is 5.28. The summed E-state index contributed by atoms with van der Waals surface area (Å²) in [5, 5.41) is 0.767. The van der Waals surface area contributed by atoms with Gasteiger partial charge in [0.2, 0.25) is 6.79 Å². The minimum absolute atomic E-state index is 0.181. The van der Waals surface area contributed by atoms with Gasteiger partial charge in [0.1, 0.15) is 5.75 Å². The van der Waals surface area contributed by atoms with Gasteiger partial charge in [-0.25, -0.2) is 4.79 Å². The maximum Gasteiger partial charge on any atom is 0.344 e. The molecule has 1 aromatic heterocycles. The van der Waals surface area contributed by atoms with Gasteiger partial charge in [-0.2, -0.15) is 0 Å². The predicted octanol–water partition coefficient (Wildman–Crippen LogP) is 3.49. The molecule has 0 amide bonds. The van der Waals surface area contributed by atoms with Crippen LogP contribution < -0.4 is 14.2 Å². The summed E-state index contributed by atoms with van der Waals surface area (Å²) in [5.74, 6) is 1.21. The Kier molecular flexibility index (Phi) is 3.12. The summed E-state index contributed by atoms with van der Waals surface area (Å²) in [6, 6.07) is 14.3. The molecule has 5 heteroatoms. The summed E-state index contributed by atoms with van der Waals surface area (Å²) >= 11 is 0. The minimum atomic E-state index is -0.425. The highest BCUT2D eigenvalue weighted by Crippen LogP contribution is 2.35. The number of fused-ring (bicyclic) bond motifs is 2. The van der Waals surface area contributed by atoms with E-state index in [0.29, 0.717) is 22.8 Å². The number of nitrogens with zero attached hydrogens (tertiary/aromatic N) is 1. The second-order valence-electron chi connectivity index (χ2n) is 5.23.